The fraction of sp³-hybridized carbons (Fsp3) is 0.833. The predicted octanol–water partition coefficient (Wildman–Crippen LogP) is 0.742. The van der Waals surface area contributed by atoms with E-state index in [1.807, 2.05) is 6.92 Å². The van der Waals surface area contributed by atoms with Crippen molar-refractivity contribution < 1.29 is 14.3 Å². The molecule has 0 saturated carbocycles. The molecule has 1 rings (SSSR count). The van der Waals surface area contributed by atoms with Crippen LogP contribution in [0.5, 0.6) is 0 Å². The third-order valence-corrected chi connectivity index (χ3v) is 2.98. The lowest BCUT2D eigenvalue weighted by Crippen LogP contribution is -2.36. The number of nitrogens with one attached hydrogen (secondary N) is 1. The van der Waals surface area contributed by atoms with Crippen LogP contribution in [0.25, 0.3) is 0 Å². The molecule has 0 aromatic heterocycles. The quantitative estimate of drug-likeness (QED) is 0.722. The van der Waals surface area contributed by atoms with Crippen molar-refractivity contribution in [1.82, 2.24) is 10.2 Å². The van der Waals surface area contributed by atoms with Crippen molar-refractivity contribution in [3.05, 3.63) is 0 Å². The average Bonchev–Trinajstić information content (AvgIpc) is 2.51. The highest BCUT2D eigenvalue weighted by molar-refractivity contribution is 5.84. The van der Waals surface area contributed by atoms with Crippen LogP contribution in [-0.4, -0.2) is 42.6 Å². The van der Waals surface area contributed by atoms with Gasteiger partial charge < -0.3 is 9.64 Å². The molecule has 5 heteroatoms. The first-order valence-corrected chi connectivity index (χ1v) is 6.09. The minimum atomic E-state index is -0.280. The van der Waals surface area contributed by atoms with Gasteiger partial charge in [-0.05, 0) is 19.3 Å². The summed E-state index contributed by atoms with van der Waals surface area (Å²) in [5, 5.41) is 3.25. The summed E-state index contributed by atoms with van der Waals surface area (Å²) in [7, 11) is 1.36. The number of methoxy groups -OCH3 is 1. The Hall–Kier alpha value is -1.10. The van der Waals surface area contributed by atoms with E-state index < -0.39 is 0 Å². The summed E-state index contributed by atoms with van der Waals surface area (Å²) in [6.45, 7) is 6.55. The van der Waals surface area contributed by atoms with Gasteiger partial charge in [-0.25, -0.2) is 0 Å². The average molecular weight is 242 g/mol. The predicted molar refractivity (Wildman–Crippen MR) is 64.2 cm³/mol. The Labute approximate surface area is 102 Å². The molecule has 0 bridgehead atoms. The van der Waals surface area contributed by atoms with E-state index in [0.717, 1.165) is 6.42 Å². The molecule has 1 amide bonds. The second-order valence-electron chi connectivity index (χ2n) is 4.88. The van der Waals surface area contributed by atoms with Crippen LogP contribution in [0, 0.1) is 5.92 Å². The Kier molecular flexibility index (Phi) is 4.93. The first-order chi connectivity index (χ1) is 7.95. The SMILES string of the molecule is COC(=O)CCN1C(=O)C(CC(C)C)NC1C. The molecular weight excluding hydrogens is 220 g/mol. The Morgan fingerprint density at radius 2 is 2.18 bits per heavy atom. The standard InChI is InChI=1S/C12H22N2O3/c1-8(2)7-10-12(16)14(9(3)13-10)6-5-11(15)17-4/h8-10,13H,5-7H2,1-4H3. The maximum Gasteiger partial charge on any atom is 0.307 e. The van der Waals surface area contributed by atoms with E-state index in [9.17, 15) is 9.59 Å². The third kappa shape index (κ3) is 3.70. The zero-order valence-electron chi connectivity index (χ0n) is 11.0. The smallest absolute Gasteiger partial charge is 0.307 e. The zero-order chi connectivity index (χ0) is 13.0. The Balaban J connectivity index is 2.50. The van der Waals surface area contributed by atoms with Crippen LogP contribution in [0.15, 0.2) is 0 Å². The highest BCUT2D eigenvalue weighted by atomic mass is 16.5. The molecule has 5 nitrogen and oxygen atoms in total. The normalized spacial score (nSPS) is 24.5. The van der Waals surface area contributed by atoms with E-state index in [-0.39, 0.29) is 30.5 Å². The van der Waals surface area contributed by atoms with Gasteiger partial charge in [0.15, 0.2) is 0 Å². The number of ether oxygens (including phenoxy) is 1. The maximum atomic E-state index is 12.1. The molecule has 0 radical (unpaired) electrons. The first kappa shape index (κ1) is 14.0. The molecule has 0 aliphatic carbocycles. The highest BCUT2D eigenvalue weighted by Gasteiger charge is 2.36. The molecule has 1 N–H and O–H groups in total. The van der Waals surface area contributed by atoms with Gasteiger partial charge >= 0.3 is 5.97 Å². The minimum absolute atomic E-state index is 0.00379. The fourth-order valence-electron chi connectivity index (χ4n) is 2.10. The fourth-order valence-corrected chi connectivity index (χ4v) is 2.10. The number of hydrogen-bond acceptors (Lipinski definition) is 4. The van der Waals surface area contributed by atoms with Crippen molar-refractivity contribution >= 4 is 11.9 Å². The molecular formula is C12H22N2O3. The van der Waals surface area contributed by atoms with Crippen LogP contribution in [0.3, 0.4) is 0 Å². The monoisotopic (exact) mass is 242 g/mol. The summed E-state index contributed by atoms with van der Waals surface area (Å²) in [5.74, 6) is 0.289. The lowest BCUT2D eigenvalue weighted by atomic mass is 10.0. The van der Waals surface area contributed by atoms with Gasteiger partial charge in [0.2, 0.25) is 5.91 Å². The van der Waals surface area contributed by atoms with E-state index in [4.69, 9.17) is 0 Å². The van der Waals surface area contributed by atoms with Crippen molar-refractivity contribution in [3.63, 3.8) is 0 Å². The number of nitrogens with zero attached hydrogens (tertiary/aromatic N) is 1. The van der Waals surface area contributed by atoms with E-state index in [1.165, 1.54) is 7.11 Å². The van der Waals surface area contributed by atoms with Gasteiger partial charge in [0, 0.05) is 6.54 Å². The number of hydrogen-bond donors (Lipinski definition) is 1. The molecule has 2 atom stereocenters. The molecule has 0 spiro atoms. The molecule has 0 aromatic carbocycles. The van der Waals surface area contributed by atoms with Crippen LogP contribution in [-0.2, 0) is 14.3 Å². The number of amides is 1. The van der Waals surface area contributed by atoms with Gasteiger partial charge in [-0.1, -0.05) is 13.8 Å². The lowest BCUT2D eigenvalue weighted by Gasteiger charge is -2.19. The van der Waals surface area contributed by atoms with Gasteiger partial charge in [-0.3, -0.25) is 14.9 Å². The van der Waals surface area contributed by atoms with Gasteiger partial charge in [-0.15, -0.1) is 0 Å². The van der Waals surface area contributed by atoms with E-state index in [2.05, 4.69) is 23.9 Å². The number of rotatable bonds is 5. The summed E-state index contributed by atoms with van der Waals surface area (Å²) < 4.78 is 4.57. The van der Waals surface area contributed by atoms with Crippen LogP contribution in [0.2, 0.25) is 0 Å². The van der Waals surface area contributed by atoms with Gasteiger partial charge in [-0.2, -0.15) is 0 Å². The summed E-state index contributed by atoms with van der Waals surface area (Å²) >= 11 is 0. The first-order valence-electron chi connectivity index (χ1n) is 6.09. The molecule has 1 heterocycles. The van der Waals surface area contributed by atoms with E-state index in [0.29, 0.717) is 12.5 Å². The second-order valence-corrected chi connectivity index (χ2v) is 4.88. The van der Waals surface area contributed by atoms with E-state index in [1.54, 1.807) is 4.90 Å². The molecule has 1 aliphatic heterocycles. The van der Waals surface area contributed by atoms with Crippen LogP contribution < -0.4 is 5.32 Å². The molecule has 17 heavy (non-hydrogen) atoms. The third-order valence-electron chi connectivity index (χ3n) is 2.98. The van der Waals surface area contributed by atoms with Crippen molar-refractivity contribution in [2.45, 2.75) is 45.8 Å². The molecule has 98 valence electrons. The van der Waals surface area contributed by atoms with Crippen LogP contribution in [0.1, 0.15) is 33.6 Å². The van der Waals surface area contributed by atoms with Crippen molar-refractivity contribution in [3.8, 4) is 0 Å². The number of carbonyl (C=O) groups excluding carboxylic acids is 2. The van der Waals surface area contributed by atoms with Gasteiger partial charge in [0.05, 0.1) is 25.7 Å². The zero-order valence-corrected chi connectivity index (χ0v) is 11.0. The molecule has 1 fully saturated rings. The Morgan fingerprint density at radius 3 is 2.71 bits per heavy atom. The topological polar surface area (TPSA) is 58.6 Å². The lowest BCUT2D eigenvalue weighted by molar-refractivity contribution is -0.141. The van der Waals surface area contributed by atoms with E-state index >= 15 is 0 Å². The number of carbonyl (C=O) groups is 2. The number of esters is 1. The molecule has 0 aromatic rings. The van der Waals surface area contributed by atoms with Crippen LogP contribution >= 0.6 is 0 Å². The summed E-state index contributed by atoms with van der Waals surface area (Å²) in [5.41, 5.74) is 0. The summed E-state index contributed by atoms with van der Waals surface area (Å²) in [6, 6.07) is -0.109. The summed E-state index contributed by atoms with van der Waals surface area (Å²) in [4.78, 5) is 24.8. The summed E-state index contributed by atoms with van der Waals surface area (Å²) in [6.07, 6.45) is 1.08. The second kappa shape index (κ2) is 6.00. The van der Waals surface area contributed by atoms with Crippen LogP contribution in [0.4, 0.5) is 0 Å². The molecule has 1 saturated heterocycles. The Morgan fingerprint density at radius 1 is 1.53 bits per heavy atom. The highest BCUT2D eigenvalue weighted by Crippen LogP contribution is 2.17. The minimum Gasteiger partial charge on any atom is -0.469 e. The van der Waals surface area contributed by atoms with Crippen molar-refractivity contribution in [1.29, 1.82) is 0 Å². The van der Waals surface area contributed by atoms with Gasteiger partial charge in [0.1, 0.15) is 0 Å². The molecule has 2 unspecified atom stereocenters. The van der Waals surface area contributed by atoms with Crippen molar-refractivity contribution in [2.75, 3.05) is 13.7 Å². The Bertz CT molecular complexity index is 291. The largest absolute Gasteiger partial charge is 0.469 e. The maximum absolute atomic E-state index is 12.1. The van der Waals surface area contributed by atoms with Gasteiger partial charge in [0.25, 0.3) is 0 Å². The van der Waals surface area contributed by atoms with Crippen molar-refractivity contribution in [2.24, 2.45) is 5.92 Å². The molecule has 1 aliphatic rings.